The lowest BCUT2D eigenvalue weighted by Crippen LogP contribution is -2.31. The van der Waals surface area contributed by atoms with E-state index in [1.807, 2.05) is 26.0 Å². The molecule has 1 atom stereocenters. The van der Waals surface area contributed by atoms with Crippen molar-refractivity contribution >= 4 is 22.7 Å². The number of aromatic nitrogens is 1. The van der Waals surface area contributed by atoms with E-state index < -0.39 is 17.3 Å². The molecule has 30 heavy (non-hydrogen) atoms. The Hall–Kier alpha value is -3.59. The van der Waals surface area contributed by atoms with Crippen LogP contribution in [0, 0.1) is 11.3 Å². The largest absolute Gasteiger partial charge is 0.496 e. The van der Waals surface area contributed by atoms with Crippen LogP contribution in [0.4, 0.5) is 0 Å². The molecule has 1 aliphatic carbocycles. The number of hydrogen-bond donors (Lipinski definition) is 1. The first-order chi connectivity index (χ1) is 14.2. The highest BCUT2D eigenvalue weighted by Crippen LogP contribution is 2.46. The molecule has 6 nitrogen and oxygen atoms in total. The topological polar surface area (TPSA) is 92.2 Å². The van der Waals surface area contributed by atoms with Crippen LogP contribution in [0.3, 0.4) is 0 Å². The molecular weight excluding hydrogens is 380 g/mol. The zero-order valence-corrected chi connectivity index (χ0v) is 17.5. The van der Waals surface area contributed by atoms with E-state index in [9.17, 15) is 14.9 Å². The predicted molar refractivity (Wildman–Crippen MR) is 112 cm³/mol. The first kappa shape index (κ1) is 19.7. The molecule has 0 bridgehead atoms. The first-order valence-electron chi connectivity index (χ1n) is 9.65. The number of methoxy groups -OCH3 is 2. The molecule has 152 valence electrons. The lowest BCUT2D eigenvalue weighted by Gasteiger charge is -2.33. The number of nitriles is 1. The molecule has 0 aliphatic heterocycles. The van der Waals surface area contributed by atoms with Crippen molar-refractivity contribution in [3.63, 3.8) is 0 Å². The van der Waals surface area contributed by atoms with Gasteiger partial charge in [-0.15, -0.1) is 0 Å². The number of nitrogens with zero attached hydrogens (tertiary/aromatic N) is 1. The molecule has 1 N–H and O–H groups in total. The summed E-state index contributed by atoms with van der Waals surface area (Å²) in [7, 11) is 2.89. The van der Waals surface area contributed by atoms with E-state index in [4.69, 9.17) is 9.47 Å². The minimum atomic E-state index is -0.575. The maximum Gasteiger partial charge on any atom is 0.312 e. The number of carbonyl (C=O) groups excluding carboxylic acids is 2. The van der Waals surface area contributed by atoms with Crippen molar-refractivity contribution in [3.8, 4) is 11.8 Å². The number of fused-ring (bicyclic) bond motifs is 4. The van der Waals surface area contributed by atoms with Crippen molar-refractivity contribution < 1.29 is 19.1 Å². The normalized spacial score (nSPS) is 15.1. The molecule has 0 spiro atoms. The number of benzene rings is 2. The van der Waals surface area contributed by atoms with Crippen LogP contribution in [-0.4, -0.2) is 31.0 Å². The molecule has 0 saturated heterocycles. The fourth-order valence-electron chi connectivity index (χ4n) is 4.36. The summed E-state index contributed by atoms with van der Waals surface area (Å²) in [5, 5.41) is 10.0. The summed E-state index contributed by atoms with van der Waals surface area (Å²) in [6.45, 7) is 5.82. The van der Waals surface area contributed by atoms with Crippen LogP contribution in [0.15, 0.2) is 30.3 Å². The highest BCUT2D eigenvalue weighted by molar-refractivity contribution is 6.20. The Balaban J connectivity index is 1.99. The highest BCUT2D eigenvalue weighted by atomic mass is 16.5. The second kappa shape index (κ2) is 6.74. The molecular formula is C24H22N2O4. The Kier molecular flexibility index (Phi) is 4.43. The van der Waals surface area contributed by atoms with E-state index in [2.05, 4.69) is 11.1 Å². The van der Waals surface area contributed by atoms with Crippen molar-refractivity contribution in [2.75, 3.05) is 14.2 Å². The lowest BCUT2D eigenvalue weighted by atomic mass is 9.70. The number of H-pyrrole nitrogens is 1. The molecule has 1 aromatic heterocycles. The fraction of sp³-hybridized carbons (Fsp3) is 0.292. The van der Waals surface area contributed by atoms with E-state index in [1.54, 1.807) is 32.2 Å². The molecule has 1 unspecified atom stereocenters. The number of esters is 1. The van der Waals surface area contributed by atoms with Crippen LogP contribution in [0.5, 0.6) is 5.75 Å². The number of ketones is 1. The van der Waals surface area contributed by atoms with Gasteiger partial charge in [0.1, 0.15) is 5.75 Å². The molecule has 6 heteroatoms. The maximum absolute atomic E-state index is 13.6. The monoisotopic (exact) mass is 402 g/mol. The predicted octanol–water partition coefficient (Wildman–Crippen LogP) is 4.19. The first-order valence-corrected chi connectivity index (χ1v) is 9.65. The third-order valence-electron chi connectivity index (χ3n) is 6.09. The van der Waals surface area contributed by atoms with Gasteiger partial charge in [-0.05, 0) is 36.8 Å². The summed E-state index contributed by atoms with van der Waals surface area (Å²) in [5.74, 6) is -0.545. The van der Waals surface area contributed by atoms with Crippen molar-refractivity contribution in [2.24, 2.45) is 0 Å². The van der Waals surface area contributed by atoms with Gasteiger partial charge in [0, 0.05) is 33.1 Å². The molecule has 0 amide bonds. The average Bonchev–Trinajstić information content (AvgIpc) is 3.15. The van der Waals surface area contributed by atoms with Gasteiger partial charge in [-0.2, -0.15) is 5.26 Å². The van der Waals surface area contributed by atoms with Crippen LogP contribution < -0.4 is 4.74 Å². The SMILES string of the molecule is COC(=O)C(C)c1cc2c(cc1OC)C(C)(C)c1[nH]c3cc(C#N)ccc3c1C2=O. The summed E-state index contributed by atoms with van der Waals surface area (Å²) >= 11 is 0. The Labute approximate surface area is 174 Å². The quantitative estimate of drug-likeness (QED) is 0.663. The van der Waals surface area contributed by atoms with E-state index in [-0.39, 0.29) is 5.78 Å². The van der Waals surface area contributed by atoms with Crippen LogP contribution in [-0.2, 0) is 14.9 Å². The van der Waals surface area contributed by atoms with E-state index in [1.165, 1.54) is 7.11 Å². The Morgan fingerprint density at radius 2 is 1.93 bits per heavy atom. The summed E-state index contributed by atoms with van der Waals surface area (Å²) in [5.41, 5.74) is 4.17. The number of ether oxygens (including phenoxy) is 2. The van der Waals surface area contributed by atoms with Crippen LogP contribution in [0.2, 0.25) is 0 Å². The standard InChI is InChI=1S/C24H22N2O4/c1-12(23(28)30-5)15-9-16-17(10-19(15)29-4)24(2,3)22-20(21(16)27)14-7-6-13(11-25)8-18(14)26-22/h6-10,12,26H,1-5H3. The smallest absolute Gasteiger partial charge is 0.312 e. The van der Waals surface area contributed by atoms with E-state index in [0.717, 1.165) is 22.2 Å². The summed E-state index contributed by atoms with van der Waals surface area (Å²) in [6, 6.07) is 11.0. The number of aromatic amines is 1. The maximum atomic E-state index is 13.6. The van der Waals surface area contributed by atoms with Gasteiger partial charge >= 0.3 is 5.97 Å². The number of rotatable bonds is 3. The van der Waals surface area contributed by atoms with Crippen LogP contribution in [0.1, 0.15) is 65.0 Å². The van der Waals surface area contributed by atoms with Crippen molar-refractivity contribution in [1.29, 1.82) is 5.26 Å². The van der Waals surface area contributed by atoms with Gasteiger partial charge in [0.15, 0.2) is 5.78 Å². The highest BCUT2D eigenvalue weighted by Gasteiger charge is 2.41. The summed E-state index contributed by atoms with van der Waals surface area (Å²) < 4.78 is 10.5. The number of nitrogens with one attached hydrogen (secondary N) is 1. The number of hydrogen-bond acceptors (Lipinski definition) is 5. The molecule has 0 saturated carbocycles. The van der Waals surface area contributed by atoms with Crippen LogP contribution >= 0.6 is 0 Å². The van der Waals surface area contributed by atoms with Gasteiger partial charge in [-0.1, -0.05) is 19.9 Å². The summed E-state index contributed by atoms with van der Waals surface area (Å²) in [4.78, 5) is 29.1. The van der Waals surface area contributed by atoms with Gasteiger partial charge in [0.05, 0.1) is 37.3 Å². The van der Waals surface area contributed by atoms with E-state index in [0.29, 0.717) is 28.0 Å². The zero-order valence-electron chi connectivity index (χ0n) is 17.5. The van der Waals surface area contributed by atoms with Crippen molar-refractivity contribution in [2.45, 2.75) is 32.1 Å². The minimum Gasteiger partial charge on any atom is -0.496 e. The van der Waals surface area contributed by atoms with Gasteiger partial charge < -0.3 is 14.5 Å². The number of carbonyl (C=O) groups is 2. The van der Waals surface area contributed by atoms with E-state index >= 15 is 0 Å². The minimum absolute atomic E-state index is 0.115. The van der Waals surface area contributed by atoms with Crippen molar-refractivity contribution in [3.05, 3.63) is 63.8 Å². The molecule has 1 heterocycles. The molecule has 2 aromatic carbocycles. The Bertz CT molecular complexity index is 1260. The second-order valence-electron chi connectivity index (χ2n) is 8.09. The molecule has 0 fully saturated rings. The van der Waals surface area contributed by atoms with Crippen molar-refractivity contribution in [1.82, 2.24) is 4.98 Å². The Morgan fingerprint density at radius 1 is 1.20 bits per heavy atom. The third kappa shape index (κ3) is 2.62. The third-order valence-corrected chi connectivity index (χ3v) is 6.09. The molecule has 4 rings (SSSR count). The molecule has 3 aromatic rings. The average molecular weight is 402 g/mol. The van der Waals surface area contributed by atoms with Gasteiger partial charge in [-0.3, -0.25) is 9.59 Å². The lowest BCUT2D eigenvalue weighted by molar-refractivity contribution is -0.142. The second-order valence-corrected chi connectivity index (χ2v) is 8.09. The summed E-state index contributed by atoms with van der Waals surface area (Å²) in [6.07, 6.45) is 0. The van der Waals surface area contributed by atoms with Gasteiger partial charge in [-0.25, -0.2) is 0 Å². The molecule has 1 aliphatic rings. The Morgan fingerprint density at radius 3 is 2.57 bits per heavy atom. The van der Waals surface area contributed by atoms with Gasteiger partial charge in [0.2, 0.25) is 0 Å². The van der Waals surface area contributed by atoms with Crippen LogP contribution in [0.25, 0.3) is 10.9 Å². The van der Waals surface area contributed by atoms with Gasteiger partial charge in [0.25, 0.3) is 0 Å². The fourth-order valence-corrected chi connectivity index (χ4v) is 4.36. The molecule has 0 radical (unpaired) electrons. The zero-order chi connectivity index (χ0) is 21.8.